The predicted octanol–water partition coefficient (Wildman–Crippen LogP) is 4.11. The van der Waals surface area contributed by atoms with Gasteiger partial charge in [-0.05, 0) is 17.0 Å². The topological polar surface area (TPSA) is 17.1 Å². The molecule has 1 aromatic heterocycles. The van der Waals surface area contributed by atoms with Crippen molar-refractivity contribution in [3.63, 3.8) is 0 Å². The number of thiophene rings is 1. The molecular formula is C15H8OS. The summed E-state index contributed by atoms with van der Waals surface area (Å²) in [5.74, 6) is 0.150. The number of carbonyl (C=O) groups is 1. The van der Waals surface area contributed by atoms with E-state index in [0.717, 1.165) is 22.1 Å². The summed E-state index contributed by atoms with van der Waals surface area (Å²) in [5.41, 5.74) is 3.95. The molecule has 3 aromatic rings. The Balaban J connectivity index is 2.27. The van der Waals surface area contributed by atoms with Crippen LogP contribution in [-0.4, -0.2) is 5.78 Å². The van der Waals surface area contributed by atoms with Crippen LogP contribution in [0.4, 0.5) is 0 Å². The highest BCUT2D eigenvalue weighted by molar-refractivity contribution is 7.17. The van der Waals surface area contributed by atoms with Crippen LogP contribution in [0.3, 0.4) is 0 Å². The third kappa shape index (κ3) is 1.06. The van der Waals surface area contributed by atoms with Crippen molar-refractivity contribution in [2.24, 2.45) is 0 Å². The fraction of sp³-hybridized carbons (Fsp3) is 0. The van der Waals surface area contributed by atoms with E-state index in [1.807, 2.05) is 36.4 Å². The van der Waals surface area contributed by atoms with Gasteiger partial charge in [-0.15, -0.1) is 11.3 Å². The molecule has 0 spiro atoms. The second-order valence-corrected chi connectivity index (χ2v) is 5.11. The maximum absolute atomic E-state index is 12.4. The SMILES string of the molecule is O=C1c2ccccc2-c2csc3cccc1c23. The molecule has 0 aliphatic heterocycles. The standard InChI is InChI=1S/C15H8OS/c16-15-10-5-2-1-4-9(10)12-8-17-13-7-3-6-11(15)14(12)13/h1-8H. The van der Waals surface area contributed by atoms with Gasteiger partial charge in [-0.2, -0.15) is 0 Å². The molecule has 0 atom stereocenters. The minimum absolute atomic E-state index is 0.150. The molecule has 1 aliphatic carbocycles. The van der Waals surface area contributed by atoms with Crippen LogP contribution in [0.1, 0.15) is 15.9 Å². The van der Waals surface area contributed by atoms with Crippen molar-refractivity contribution >= 4 is 27.2 Å². The first kappa shape index (κ1) is 9.14. The van der Waals surface area contributed by atoms with Gasteiger partial charge in [0.25, 0.3) is 0 Å². The van der Waals surface area contributed by atoms with Gasteiger partial charge in [0.2, 0.25) is 0 Å². The quantitative estimate of drug-likeness (QED) is 0.449. The fourth-order valence-corrected chi connectivity index (χ4v) is 3.52. The molecule has 80 valence electrons. The molecule has 0 amide bonds. The van der Waals surface area contributed by atoms with Gasteiger partial charge < -0.3 is 0 Å². The molecule has 1 aliphatic rings. The second-order valence-electron chi connectivity index (χ2n) is 4.20. The highest BCUT2D eigenvalue weighted by atomic mass is 32.1. The zero-order valence-electron chi connectivity index (χ0n) is 8.94. The summed E-state index contributed by atoms with van der Waals surface area (Å²) in [7, 11) is 0. The van der Waals surface area contributed by atoms with Crippen molar-refractivity contribution in [3.8, 4) is 11.1 Å². The van der Waals surface area contributed by atoms with Crippen LogP contribution in [0, 0.1) is 0 Å². The van der Waals surface area contributed by atoms with Crippen molar-refractivity contribution in [2.75, 3.05) is 0 Å². The van der Waals surface area contributed by atoms with Gasteiger partial charge in [0.05, 0.1) is 0 Å². The minimum atomic E-state index is 0.150. The zero-order chi connectivity index (χ0) is 11.4. The van der Waals surface area contributed by atoms with Gasteiger partial charge in [0.1, 0.15) is 0 Å². The monoisotopic (exact) mass is 236 g/mol. The second kappa shape index (κ2) is 3.05. The van der Waals surface area contributed by atoms with Crippen LogP contribution in [0.2, 0.25) is 0 Å². The van der Waals surface area contributed by atoms with E-state index in [9.17, 15) is 4.79 Å². The maximum atomic E-state index is 12.4. The summed E-state index contributed by atoms with van der Waals surface area (Å²) < 4.78 is 1.19. The Kier molecular flexibility index (Phi) is 1.64. The Bertz CT molecular complexity index is 767. The van der Waals surface area contributed by atoms with Gasteiger partial charge in [0, 0.05) is 26.8 Å². The molecular weight excluding hydrogens is 228 g/mol. The highest BCUT2D eigenvalue weighted by Crippen LogP contribution is 2.42. The van der Waals surface area contributed by atoms with Gasteiger partial charge in [-0.25, -0.2) is 0 Å². The first-order chi connectivity index (χ1) is 8.36. The van der Waals surface area contributed by atoms with Crippen LogP contribution in [0.25, 0.3) is 21.2 Å². The lowest BCUT2D eigenvalue weighted by atomic mass is 9.86. The van der Waals surface area contributed by atoms with Crippen LogP contribution in [0.5, 0.6) is 0 Å². The number of ketones is 1. The van der Waals surface area contributed by atoms with E-state index < -0.39 is 0 Å². The molecule has 0 N–H and O–H groups in total. The highest BCUT2D eigenvalue weighted by Gasteiger charge is 2.25. The third-order valence-electron chi connectivity index (χ3n) is 3.31. The molecule has 2 aromatic carbocycles. The molecule has 2 heteroatoms. The molecule has 1 heterocycles. The van der Waals surface area contributed by atoms with Crippen LogP contribution in [0.15, 0.2) is 47.8 Å². The van der Waals surface area contributed by atoms with Crippen molar-refractivity contribution in [1.29, 1.82) is 0 Å². The Hall–Kier alpha value is -1.93. The first-order valence-electron chi connectivity index (χ1n) is 5.50. The molecule has 0 fully saturated rings. The van der Waals surface area contributed by atoms with E-state index in [-0.39, 0.29) is 5.78 Å². The lowest BCUT2D eigenvalue weighted by molar-refractivity contribution is 0.104. The molecule has 0 bridgehead atoms. The smallest absolute Gasteiger partial charge is 0.194 e. The van der Waals surface area contributed by atoms with Crippen LogP contribution >= 0.6 is 11.3 Å². The molecule has 0 radical (unpaired) electrons. The van der Waals surface area contributed by atoms with E-state index in [2.05, 4.69) is 11.4 Å². The number of rotatable bonds is 0. The third-order valence-corrected chi connectivity index (χ3v) is 4.25. The van der Waals surface area contributed by atoms with E-state index in [0.29, 0.717) is 0 Å². The minimum Gasteiger partial charge on any atom is -0.289 e. The lowest BCUT2D eigenvalue weighted by Crippen LogP contribution is -2.08. The summed E-state index contributed by atoms with van der Waals surface area (Å²) in [6, 6.07) is 13.8. The van der Waals surface area contributed by atoms with E-state index in [1.165, 1.54) is 10.3 Å². The van der Waals surface area contributed by atoms with Crippen LogP contribution < -0.4 is 0 Å². The molecule has 0 unspecified atom stereocenters. The van der Waals surface area contributed by atoms with E-state index in [1.54, 1.807) is 11.3 Å². The van der Waals surface area contributed by atoms with Crippen molar-refractivity contribution in [2.45, 2.75) is 0 Å². The van der Waals surface area contributed by atoms with Crippen LogP contribution in [-0.2, 0) is 0 Å². The number of benzene rings is 2. The Morgan fingerprint density at radius 2 is 1.53 bits per heavy atom. The average Bonchev–Trinajstić information content (AvgIpc) is 2.81. The largest absolute Gasteiger partial charge is 0.289 e. The summed E-state index contributed by atoms with van der Waals surface area (Å²) in [4.78, 5) is 12.4. The van der Waals surface area contributed by atoms with E-state index >= 15 is 0 Å². The number of hydrogen-bond acceptors (Lipinski definition) is 2. The molecule has 0 saturated carbocycles. The molecule has 17 heavy (non-hydrogen) atoms. The normalized spacial score (nSPS) is 12.8. The maximum Gasteiger partial charge on any atom is 0.194 e. The van der Waals surface area contributed by atoms with Crippen molar-refractivity contribution in [1.82, 2.24) is 0 Å². The van der Waals surface area contributed by atoms with Gasteiger partial charge in [-0.1, -0.05) is 36.4 Å². The number of carbonyl (C=O) groups excluding carboxylic acids is 1. The zero-order valence-corrected chi connectivity index (χ0v) is 9.75. The molecule has 4 rings (SSSR count). The lowest BCUT2D eigenvalue weighted by Gasteiger charge is -2.15. The summed E-state index contributed by atoms with van der Waals surface area (Å²) >= 11 is 1.71. The van der Waals surface area contributed by atoms with Gasteiger partial charge >= 0.3 is 0 Å². The summed E-state index contributed by atoms with van der Waals surface area (Å²) in [6.45, 7) is 0. The molecule has 0 saturated heterocycles. The van der Waals surface area contributed by atoms with Crippen molar-refractivity contribution in [3.05, 3.63) is 59.0 Å². The van der Waals surface area contributed by atoms with Crippen molar-refractivity contribution < 1.29 is 4.79 Å². The van der Waals surface area contributed by atoms with E-state index in [4.69, 9.17) is 0 Å². The Morgan fingerprint density at radius 3 is 2.41 bits per heavy atom. The number of hydrogen-bond donors (Lipinski definition) is 0. The summed E-state index contributed by atoms with van der Waals surface area (Å²) in [6.07, 6.45) is 0. The fourth-order valence-electron chi connectivity index (χ4n) is 2.54. The predicted molar refractivity (Wildman–Crippen MR) is 70.7 cm³/mol. The first-order valence-corrected chi connectivity index (χ1v) is 6.38. The van der Waals surface area contributed by atoms with Gasteiger partial charge in [0.15, 0.2) is 5.78 Å². The average molecular weight is 236 g/mol. The Labute approximate surface area is 102 Å². The van der Waals surface area contributed by atoms with Gasteiger partial charge in [-0.3, -0.25) is 4.79 Å². The number of fused-ring (bicyclic) bond motifs is 2. The summed E-state index contributed by atoms with van der Waals surface area (Å²) in [5, 5.41) is 3.28. The molecule has 1 nitrogen and oxygen atoms in total. The Morgan fingerprint density at radius 1 is 0.765 bits per heavy atom.